The average Bonchev–Trinajstić information content (AvgIpc) is 3.76. The molecule has 2 heteroatoms. The molecule has 0 N–H and O–H groups in total. The van der Waals surface area contributed by atoms with E-state index in [-0.39, 0.29) is 0 Å². The van der Waals surface area contributed by atoms with Gasteiger partial charge in [-0.3, -0.25) is 0 Å². The van der Waals surface area contributed by atoms with Crippen LogP contribution in [-0.2, 0) is 0 Å². The highest BCUT2D eigenvalue weighted by Crippen LogP contribution is 2.36. The molecule has 10 aromatic rings. The van der Waals surface area contributed by atoms with Crippen molar-refractivity contribution in [1.29, 1.82) is 0 Å². The molecule has 54 heavy (non-hydrogen) atoms. The van der Waals surface area contributed by atoms with E-state index < -0.39 is 0 Å². The van der Waals surface area contributed by atoms with Crippen LogP contribution in [0.1, 0.15) is 17.9 Å². The van der Waals surface area contributed by atoms with Gasteiger partial charge in [0.2, 0.25) is 0 Å². The standard InChI is InChI=1S/C52H36N2/c1-2-12-43(13-3-1)53-49-16-8-6-14-45(49)47-33-41(26-30-51(47)53)36-18-20-37(21-19-36)42-27-31-52-48(34-42)46-15-7-9-17-50(46)54(52)44-28-24-38(25-29-44)40-23-22-35-10-4-5-11-39(35)32-40/h1-25,27-34,41H,26H2. The van der Waals surface area contributed by atoms with Crippen molar-refractivity contribution in [2.75, 3.05) is 0 Å². The van der Waals surface area contributed by atoms with Crippen LogP contribution in [0.5, 0.6) is 0 Å². The Morgan fingerprint density at radius 2 is 0.963 bits per heavy atom. The molecule has 0 amide bonds. The Hall–Kier alpha value is -6.90. The Kier molecular flexibility index (Phi) is 7.03. The summed E-state index contributed by atoms with van der Waals surface area (Å²) in [4.78, 5) is 0. The van der Waals surface area contributed by atoms with Crippen LogP contribution < -0.4 is 10.6 Å². The second kappa shape index (κ2) is 12.4. The Labute approximate surface area is 313 Å². The molecule has 2 aromatic heterocycles. The number of fused-ring (bicyclic) bond motifs is 7. The van der Waals surface area contributed by atoms with E-state index >= 15 is 0 Å². The minimum absolute atomic E-state index is 0.328. The first-order valence-electron chi connectivity index (χ1n) is 18.9. The molecule has 11 rings (SSSR count). The Balaban J connectivity index is 0.932. The van der Waals surface area contributed by atoms with Crippen LogP contribution in [0.2, 0.25) is 0 Å². The van der Waals surface area contributed by atoms with Crippen LogP contribution in [0.25, 0.3) is 89.3 Å². The Bertz CT molecular complexity index is 3160. The first-order valence-corrected chi connectivity index (χ1v) is 18.9. The maximum Gasteiger partial charge on any atom is 0.0541 e. The third kappa shape index (κ3) is 4.95. The number of benzene rings is 8. The first kappa shape index (κ1) is 30.7. The van der Waals surface area contributed by atoms with Crippen molar-refractivity contribution in [3.8, 4) is 33.6 Å². The zero-order chi connectivity index (χ0) is 35.6. The molecule has 1 aliphatic carbocycles. The lowest BCUT2D eigenvalue weighted by Gasteiger charge is -2.15. The maximum atomic E-state index is 2.49. The van der Waals surface area contributed by atoms with Crippen molar-refractivity contribution in [1.82, 2.24) is 9.13 Å². The minimum atomic E-state index is 0.328. The van der Waals surface area contributed by atoms with Crippen molar-refractivity contribution in [2.24, 2.45) is 0 Å². The van der Waals surface area contributed by atoms with E-state index in [0.717, 1.165) is 6.42 Å². The number of rotatable bonds is 5. The third-order valence-corrected chi connectivity index (χ3v) is 11.5. The summed E-state index contributed by atoms with van der Waals surface area (Å²) in [5.41, 5.74) is 12.3. The minimum Gasteiger partial charge on any atom is -0.310 e. The molecule has 0 bridgehead atoms. The van der Waals surface area contributed by atoms with Crippen LogP contribution >= 0.6 is 0 Å². The predicted molar refractivity (Wildman–Crippen MR) is 228 cm³/mol. The van der Waals surface area contributed by atoms with Gasteiger partial charge in [-0.2, -0.15) is 0 Å². The molecule has 8 aromatic carbocycles. The van der Waals surface area contributed by atoms with Crippen molar-refractivity contribution in [3.05, 3.63) is 204 Å². The normalized spacial score (nSPS) is 14.0. The van der Waals surface area contributed by atoms with Crippen LogP contribution in [0.3, 0.4) is 0 Å². The molecule has 0 aliphatic heterocycles. The van der Waals surface area contributed by atoms with Crippen molar-refractivity contribution < 1.29 is 0 Å². The van der Waals surface area contributed by atoms with Gasteiger partial charge in [-0.25, -0.2) is 0 Å². The van der Waals surface area contributed by atoms with Gasteiger partial charge in [-0.15, -0.1) is 0 Å². The van der Waals surface area contributed by atoms with Crippen LogP contribution in [-0.4, -0.2) is 9.13 Å². The molecule has 0 spiro atoms. The number of para-hydroxylation sites is 3. The quantitative estimate of drug-likeness (QED) is 0.170. The first-order chi connectivity index (χ1) is 26.8. The zero-order valence-electron chi connectivity index (χ0n) is 29.7. The summed E-state index contributed by atoms with van der Waals surface area (Å²) >= 11 is 0. The number of hydrogen-bond donors (Lipinski definition) is 0. The fraction of sp³-hybridized carbons (Fsp3) is 0.0385. The lowest BCUT2D eigenvalue weighted by molar-refractivity contribution is 0.907. The third-order valence-electron chi connectivity index (χ3n) is 11.5. The van der Waals surface area contributed by atoms with Gasteiger partial charge in [0.25, 0.3) is 0 Å². The summed E-state index contributed by atoms with van der Waals surface area (Å²) in [7, 11) is 0. The van der Waals surface area contributed by atoms with E-state index in [1.807, 2.05) is 0 Å². The highest BCUT2D eigenvalue weighted by atomic mass is 15.0. The summed E-state index contributed by atoms with van der Waals surface area (Å²) < 4.78 is 4.81. The van der Waals surface area contributed by atoms with Gasteiger partial charge in [-0.05, 0) is 99.6 Å². The molecule has 0 radical (unpaired) electrons. The van der Waals surface area contributed by atoms with Gasteiger partial charge in [0.15, 0.2) is 0 Å². The molecule has 1 unspecified atom stereocenters. The van der Waals surface area contributed by atoms with E-state index in [1.54, 1.807) is 0 Å². The summed E-state index contributed by atoms with van der Waals surface area (Å²) in [6, 6.07) is 68.8. The smallest absolute Gasteiger partial charge is 0.0541 e. The number of nitrogens with zero attached hydrogens (tertiary/aromatic N) is 2. The molecule has 0 saturated carbocycles. The molecule has 2 heterocycles. The number of hydrogen-bond acceptors (Lipinski definition) is 0. The van der Waals surface area contributed by atoms with E-state index in [1.165, 1.54) is 93.2 Å². The molecule has 1 aliphatic rings. The second-order valence-electron chi connectivity index (χ2n) is 14.5. The van der Waals surface area contributed by atoms with Gasteiger partial charge < -0.3 is 9.13 Å². The zero-order valence-corrected chi connectivity index (χ0v) is 29.7. The fourth-order valence-electron chi connectivity index (χ4n) is 8.78. The number of aromatic nitrogens is 2. The average molecular weight is 689 g/mol. The molecule has 254 valence electrons. The van der Waals surface area contributed by atoms with Gasteiger partial charge in [0.05, 0.1) is 16.6 Å². The maximum absolute atomic E-state index is 2.49. The van der Waals surface area contributed by atoms with Gasteiger partial charge in [0.1, 0.15) is 0 Å². The molecular formula is C52H36N2. The highest BCUT2D eigenvalue weighted by Gasteiger charge is 2.18. The summed E-state index contributed by atoms with van der Waals surface area (Å²) in [5, 5.41) is 9.00. The summed E-state index contributed by atoms with van der Waals surface area (Å²) in [5.74, 6) is 0.328. The topological polar surface area (TPSA) is 9.86 Å². The van der Waals surface area contributed by atoms with E-state index in [9.17, 15) is 0 Å². The molecule has 1 atom stereocenters. The highest BCUT2D eigenvalue weighted by molar-refractivity contribution is 6.10. The SMILES string of the molecule is C1=c2c(n(-c3ccccc3)c3ccccc23)=CCC1c1ccc(-c2ccc3c(c2)c2ccccc2n3-c2ccc(-c3ccc4ccccc4c3)cc2)cc1. The molecule has 2 nitrogen and oxygen atoms in total. The van der Waals surface area contributed by atoms with Crippen LogP contribution in [0.4, 0.5) is 0 Å². The monoisotopic (exact) mass is 688 g/mol. The van der Waals surface area contributed by atoms with Gasteiger partial charge >= 0.3 is 0 Å². The summed E-state index contributed by atoms with van der Waals surface area (Å²) in [6.45, 7) is 0. The molecule has 0 fully saturated rings. The van der Waals surface area contributed by atoms with Crippen molar-refractivity contribution in [3.63, 3.8) is 0 Å². The second-order valence-corrected chi connectivity index (χ2v) is 14.5. The lowest BCUT2D eigenvalue weighted by Crippen LogP contribution is -2.31. The van der Waals surface area contributed by atoms with Gasteiger partial charge in [0, 0.05) is 44.0 Å². The Morgan fingerprint density at radius 1 is 0.389 bits per heavy atom. The lowest BCUT2D eigenvalue weighted by atomic mass is 9.90. The van der Waals surface area contributed by atoms with Crippen molar-refractivity contribution >= 4 is 55.6 Å². The molecule has 0 saturated heterocycles. The largest absolute Gasteiger partial charge is 0.310 e. The predicted octanol–water partition coefficient (Wildman–Crippen LogP) is 12.0. The van der Waals surface area contributed by atoms with Crippen molar-refractivity contribution in [2.45, 2.75) is 12.3 Å². The summed E-state index contributed by atoms with van der Waals surface area (Å²) in [6.07, 6.45) is 5.90. The van der Waals surface area contributed by atoms with Gasteiger partial charge in [-0.1, -0.05) is 146 Å². The molecular weight excluding hydrogens is 653 g/mol. The van der Waals surface area contributed by atoms with Crippen LogP contribution in [0.15, 0.2) is 188 Å². The van der Waals surface area contributed by atoms with E-state index in [2.05, 4.69) is 209 Å². The van der Waals surface area contributed by atoms with E-state index in [0.29, 0.717) is 5.92 Å². The fourth-order valence-corrected chi connectivity index (χ4v) is 8.78. The van der Waals surface area contributed by atoms with E-state index in [4.69, 9.17) is 0 Å². The van der Waals surface area contributed by atoms with Crippen LogP contribution in [0, 0.1) is 0 Å². The Morgan fingerprint density at radius 3 is 1.76 bits per heavy atom.